The van der Waals surface area contributed by atoms with E-state index >= 15 is 0 Å². The first kappa shape index (κ1) is 20.0. The van der Waals surface area contributed by atoms with E-state index in [4.69, 9.17) is 5.11 Å². The number of rotatable bonds is 7. The van der Waals surface area contributed by atoms with Crippen molar-refractivity contribution in [1.29, 1.82) is 0 Å². The topological polar surface area (TPSA) is 99.5 Å². The Morgan fingerprint density at radius 2 is 1.89 bits per heavy atom. The molecule has 2 atom stereocenters. The van der Waals surface area contributed by atoms with E-state index in [1.807, 2.05) is 25.1 Å². The number of aliphatic hydroxyl groups excluding tert-OH is 1. The summed E-state index contributed by atoms with van der Waals surface area (Å²) in [6.45, 7) is 3.17. The van der Waals surface area contributed by atoms with Gasteiger partial charge in [0.2, 0.25) is 5.91 Å². The SMILES string of the molecule is Cc1nc(Cc2cccc3ccccc23)sc1CC(=O)NC(C(=O)O)C(C)O. The summed E-state index contributed by atoms with van der Waals surface area (Å²) in [6, 6.07) is 13.0. The molecule has 0 radical (unpaired) electrons. The van der Waals surface area contributed by atoms with Crippen molar-refractivity contribution in [3.05, 3.63) is 63.6 Å². The number of carbonyl (C=O) groups is 2. The number of hydrogen-bond donors (Lipinski definition) is 3. The highest BCUT2D eigenvalue weighted by atomic mass is 32.1. The molecular formula is C21H22N2O4S. The van der Waals surface area contributed by atoms with Gasteiger partial charge in [0.15, 0.2) is 6.04 Å². The van der Waals surface area contributed by atoms with Crippen LogP contribution in [0.3, 0.4) is 0 Å². The molecule has 146 valence electrons. The molecule has 0 aliphatic heterocycles. The van der Waals surface area contributed by atoms with Crippen molar-refractivity contribution in [3.63, 3.8) is 0 Å². The fourth-order valence-corrected chi connectivity index (χ4v) is 4.19. The number of aryl methyl sites for hydroxylation is 1. The second kappa shape index (κ2) is 8.50. The Morgan fingerprint density at radius 1 is 1.18 bits per heavy atom. The van der Waals surface area contributed by atoms with E-state index in [2.05, 4.69) is 34.6 Å². The van der Waals surface area contributed by atoms with E-state index in [1.165, 1.54) is 34.6 Å². The Morgan fingerprint density at radius 3 is 2.61 bits per heavy atom. The zero-order valence-electron chi connectivity index (χ0n) is 15.7. The van der Waals surface area contributed by atoms with Crippen LogP contribution in [0.15, 0.2) is 42.5 Å². The number of carboxylic acid groups (broad SMARTS) is 1. The predicted molar refractivity (Wildman–Crippen MR) is 109 cm³/mol. The highest BCUT2D eigenvalue weighted by Gasteiger charge is 2.25. The van der Waals surface area contributed by atoms with Crippen LogP contribution in [0, 0.1) is 6.92 Å². The first-order valence-electron chi connectivity index (χ1n) is 8.97. The average Bonchev–Trinajstić information content (AvgIpc) is 2.98. The lowest BCUT2D eigenvalue weighted by molar-refractivity contribution is -0.144. The summed E-state index contributed by atoms with van der Waals surface area (Å²) < 4.78 is 0. The molecule has 1 amide bonds. The summed E-state index contributed by atoms with van der Waals surface area (Å²) in [4.78, 5) is 28.7. The number of aliphatic hydroxyl groups is 1. The van der Waals surface area contributed by atoms with Gasteiger partial charge in [0.1, 0.15) is 0 Å². The number of nitrogens with one attached hydrogen (secondary N) is 1. The lowest BCUT2D eigenvalue weighted by Gasteiger charge is -2.16. The van der Waals surface area contributed by atoms with Crippen molar-refractivity contribution in [2.45, 2.75) is 38.8 Å². The molecule has 2 unspecified atom stereocenters. The maximum Gasteiger partial charge on any atom is 0.328 e. The summed E-state index contributed by atoms with van der Waals surface area (Å²) >= 11 is 1.45. The normalized spacial score (nSPS) is 13.2. The van der Waals surface area contributed by atoms with Crippen LogP contribution in [-0.2, 0) is 22.4 Å². The minimum absolute atomic E-state index is 0.0372. The van der Waals surface area contributed by atoms with E-state index in [0.717, 1.165) is 15.6 Å². The number of carbonyl (C=O) groups excluding carboxylic acids is 1. The van der Waals surface area contributed by atoms with E-state index in [0.29, 0.717) is 6.42 Å². The largest absolute Gasteiger partial charge is 0.480 e. The highest BCUT2D eigenvalue weighted by Crippen LogP contribution is 2.25. The van der Waals surface area contributed by atoms with Crippen LogP contribution >= 0.6 is 11.3 Å². The molecule has 3 aromatic rings. The van der Waals surface area contributed by atoms with Crippen molar-refractivity contribution in [1.82, 2.24) is 10.3 Å². The van der Waals surface area contributed by atoms with Crippen LogP contribution in [0.4, 0.5) is 0 Å². The predicted octanol–water partition coefficient (Wildman–Crippen LogP) is 2.69. The average molecular weight is 398 g/mol. The molecule has 0 aliphatic rings. The lowest BCUT2D eigenvalue weighted by Crippen LogP contribution is -2.48. The van der Waals surface area contributed by atoms with Gasteiger partial charge in [0.25, 0.3) is 0 Å². The fraction of sp³-hybridized carbons (Fsp3) is 0.286. The maximum absolute atomic E-state index is 12.2. The lowest BCUT2D eigenvalue weighted by atomic mass is 10.0. The minimum atomic E-state index is -1.32. The second-order valence-electron chi connectivity index (χ2n) is 6.73. The Balaban J connectivity index is 1.74. The molecule has 3 N–H and O–H groups in total. The number of fused-ring (bicyclic) bond motifs is 1. The van der Waals surface area contributed by atoms with Gasteiger partial charge in [-0.2, -0.15) is 0 Å². The van der Waals surface area contributed by atoms with Crippen molar-refractivity contribution < 1.29 is 19.8 Å². The number of aliphatic carboxylic acids is 1. The van der Waals surface area contributed by atoms with Crippen LogP contribution in [0.5, 0.6) is 0 Å². The van der Waals surface area contributed by atoms with Crippen LogP contribution in [-0.4, -0.2) is 39.2 Å². The Labute approximate surface area is 166 Å². The van der Waals surface area contributed by atoms with Crippen molar-refractivity contribution in [2.75, 3.05) is 0 Å². The van der Waals surface area contributed by atoms with E-state index < -0.39 is 24.0 Å². The molecule has 0 fully saturated rings. The third-order valence-corrected chi connectivity index (χ3v) is 5.70. The van der Waals surface area contributed by atoms with Crippen LogP contribution in [0.2, 0.25) is 0 Å². The minimum Gasteiger partial charge on any atom is -0.480 e. The third kappa shape index (κ3) is 4.55. The van der Waals surface area contributed by atoms with E-state index in [9.17, 15) is 14.7 Å². The fourth-order valence-electron chi connectivity index (χ4n) is 3.10. The molecule has 7 heteroatoms. The first-order chi connectivity index (χ1) is 13.3. The first-order valence-corrected chi connectivity index (χ1v) is 9.79. The number of carboxylic acids is 1. The molecule has 0 bridgehead atoms. The molecule has 1 heterocycles. The molecule has 0 saturated heterocycles. The van der Waals surface area contributed by atoms with Gasteiger partial charge in [-0.15, -0.1) is 11.3 Å². The Kier molecular flexibility index (Phi) is 6.06. The highest BCUT2D eigenvalue weighted by molar-refractivity contribution is 7.11. The van der Waals surface area contributed by atoms with Gasteiger partial charge < -0.3 is 15.5 Å². The summed E-state index contributed by atoms with van der Waals surface area (Å²) in [5, 5.41) is 24.2. The second-order valence-corrected chi connectivity index (χ2v) is 7.90. The number of thiazole rings is 1. The van der Waals surface area contributed by atoms with Gasteiger partial charge in [-0.05, 0) is 30.2 Å². The zero-order valence-corrected chi connectivity index (χ0v) is 16.5. The molecule has 0 aliphatic carbocycles. The molecule has 0 spiro atoms. The van der Waals surface area contributed by atoms with Gasteiger partial charge in [-0.25, -0.2) is 9.78 Å². The number of benzene rings is 2. The molecular weight excluding hydrogens is 376 g/mol. The summed E-state index contributed by atoms with van der Waals surface area (Å²) in [7, 11) is 0. The molecule has 28 heavy (non-hydrogen) atoms. The molecule has 6 nitrogen and oxygen atoms in total. The molecule has 2 aromatic carbocycles. The van der Waals surface area contributed by atoms with Crippen LogP contribution in [0.1, 0.15) is 28.1 Å². The van der Waals surface area contributed by atoms with Crippen molar-refractivity contribution in [2.24, 2.45) is 0 Å². The number of aromatic nitrogens is 1. The third-order valence-electron chi connectivity index (χ3n) is 4.54. The standard InChI is InChI=1S/C21H22N2O4S/c1-12-17(11-18(25)23-20(13(2)24)21(26)27)28-19(22-12)10-15-8-5-7-14-6-3-4-9-16(14)15/h3-9,13,20,24H,10-11H2,1-2H3,(H,23,25)(H,26,27). The van der Waals surface area contributed by atoms with Gasteiger partial charge in [-0.3, -0.25) is 4.79 Å². The van der Waals surface area contributed by atoms with Crippen LogP contribution in [0.25, 0.3) is 10.8 Å². The van der Waals surface area contributed by atoms with Gasteiger partial charge in [-0.1, -0.05) is 42.5 Å². The van der Waals surface area contributed by atoms with E-state index in [-0.39, 0.29) is 6.42 Å². The summed E-state index contributed by atoms with van der Waals surface area (Å²) in [5.41, 5.74) is 1.93. The Bertz CT molecular complexity index is 1010. The maximum atomic E-state index is 12.2. The van der Waals surface area contributed by atoms with Gasteiger partial charge in [0, 0.05) is 11.3 Å². The van der Waals surface area contributed by atoms with Gasteiger partial charge >= 0.3 is 5.97 Å². The Hall–Kier alpha value is -2.77. The number of hydrogen-bond acceptors (Lipinski definition) is 5. The smallest absolute Gasteiger partial charge is 0.328 e. The quantitative estimate of drug-likeness (QED) is 0.568. The number of nitrogens with zero attached hydrogens (tertiary/aromatic N) is 1. The van der Waals surface area contributed by atoms with Crippen LogP contribution < -0.4 is 5.32 Å². The monoisotopic (exact) mass is 398 g/mol. The summed E-state index contributed by atoms with van der Waals surface area (Å²) in [5.74, 6) is -1.71. The van der Waals surface area contributed by atoms with Crippen molar-refractivity contribution in [3.8, 4) is 0 Å². The zero-order chi connectivity index (χ0) is 20.3. The number of amides is 1. The van der Waals surface area contributed by atoms with E-state index in [1.54, 1.807) is 0 Å². The van der Waals surface area contributed by atoms with Gasteiger partial charge in [0.05, 0.1) is 23.2 Å². The molecule has 3 rings (SSSR count). The van der Waals surface area contributed by atoms with Crippen molar-refractivity contribution >= 4 is 34.0 Å². The molecule has 1 aromatic heterocycles. The molecule has 0 saturated carbocycles. The summed E-state index contributed by atoms with van der Waals surface area (Å²) in [6.07, 6.45) is -0.471.